The van der Waals surface area contributed by atoms with Crippen molar-refractivity contribution in [3.05, 3.63) is 0 Å². The van der Waals surface area contributed by atoms with E-state index in [2.05, 4.69) is 11.8 Å². The largest absolute Gasteiger partial charge is 0.481 e. The van der Waals surface area contributed by atoms with Crippen molar-refractivity contribution in [3.8, 4) is 0 Å². The summed E-state index contributed by atoms with van der Waals surface area (Å²) in [6.45, 7) is 6.30. The lowest BCUT2D eigenvalue weighted by atomic mass is 9.79. The predicted octanol–water partition coefficient (Wildman–Crippen LogP) is 1.99. The van der Waals surface area contributed by atoms with Crippen LogP contribution >= 0.6 is 0 Å². The quantitative estimate of drug-likeness (QED) is 0.838. The first-order valence-electron chi connectivity index (χ1n) is 7.16. The Kier molecular flexibility index (Phi) is 4.62. The molecule has 1 atom stereocenters. The number of carbonyl (C=O) groups is 1. The fraction of sp³-hybridized carbons (Fsp3) is 0.929. The van der Waals surface area contributed by atoms with Crippen molar-refractivity contribution in [2.75, 3.05) is 32.8 Å². The van der Waals surface area contributed by atoms with Crippen LogP contribution in [0.25, 0.3) is 0 Å². The van der Waals surface area contributed by atoms with Crippen molar-refractivity contribution < 1.29 is 14.6 Å². The van der Waals surface area contributed by atoms with Crippen LogP contribution in [0.4, 0.5) is 0 Å². The number of hydrogen-bond donors (Lipinski definition) is 1. The third-order valence-electron chi connectivity index (χ3n) is 4.54. The third kappa shape index (κ3) is 3.23. The number of likely N-dealkylation sites (tertiary alicyclic amines) is 1. The summed E-state index contributed by atoms with van der Waals surface area (Å²) in [5.41, 5.74) is -0.564. The molecule has 0 aromatic rings. The van der Waals surface area contributed by atoms with E-state index in [1.54, 1.807) is 0 Å². The zero-order chi connectivity index (χ0) is 13.0. The highest BCUT2D eigenvalue weighted by Crippen LogP contribution is 2.33. The SMILES string of the molecule is CC1CCCN(CC2(C(=O)O)CCOCC2)CC1. The van der Waals surface area contributed by atoms with E-state index in [-0.39, 0.29) is 0 Å². The molecule has 0 amide bonds. The van der Waals surface area contributed by atoms with Crippen molar-refractivity contribution in [1.82, 2.24) is 4.90 Å². The van der Waals surface area contributed by atoms with Gasteiger partial charge in [0.25, 0.3) is 0 Å². The molecule has 2 rings (SSSR count). The van der Waals surface area contributed by atoms with Crippen LogP contribution < -0.4 is 0 Å². The highest BCUT2D eigenvalue weighted by Gasteiger charge is 2.41. The number of carboxylic acids is 1. The van der Waals surface area contributed by atoms with Crippen molar-refractivity contribution in [3.63, 3.8) is 0 Å². The summed E-state index contributed by atoms with van der Waals surface area (Å²) < 4.78 is 5.32. The normalized spacial score (nSPS) is 29.7. The van der Waals surface area contributed by atoms with E-state index >= 15 is 0 Å². The second-order valence-electron chi connectivity index (χ2n) is 6.01. The topological polar surface area (TPSA) is 49.8 Å². The molecule has 0 bridgehead atoms. The van der Waals surface area contributed by atoms with Gasteiger partial charge in [-0.2, -0.15) is 0 Å². The van der Waals surface area contributed by atoms with Crippen molar-refractivity contribution in [2.45, 2.75) is 39.0 Å². The highest BCUT2D eigenvalue weighted by molar-refractivity contribution is 5.75. The Morgan fingerprint density at radius 2 is 2.06 bits per heavy atom. The molecule has 2 aliphatic heterocycles. The van der Waals surface area contributed by atoms with Crippen LogP contribution in [0.15, 0.2) is 0 Å². The maximum atomic E-state index is 11.6. The molecule has 1 N–H and O–H groups in total. The molecule has 18 heavy (non-hydrogen) atoms. The molecule has 0 radical (unpaired) electrons. The molecule has 1 unspecified atom stereocenters. The van der Waals surface area contributed by atoms with Gasteiger partial charge in [0.2, 0.25) is 0 Å². The number of aliphatic carboxylic acids is 1. The van der Waals surface area contributed by atoms with Crippen LogP contribution in [0, 0.1) is 11.3 Å². The Morgan fingerprint density at radius 1 is 1.33 bits per heavy atom. The molecule has 2 aliphatic rings. The minimum Gasteiger partial charge on any atom is -0.481 e. The van der Waals surface area contributed by atoms with Gasteiger partial charge in [-0.25, -0.2) is 0 Å². The van der Waals surface area contributed by atoms with Gasteiger partial charge in [-0.15, -0.1) is 0 Å². The second kappa shape index (κ2) is 6.02. The molecular weight excluding hydrogens is 230 g/mol. The smallest absolute Gasteiger partial charge is 0.311 e. The highest BCUT2D eigenvalue weighted by atomic mass is 16.5. The van der Waals surface area contributed by atoms with Gasteiger partial charge < -0.3 is 14.7 Å². The van der Waals surface area contributed by atoms with E-state index in [4.69, 9.17) is 4.74 Å². The Morgan fingerprint density at radius 3 is 2.72 bits per heavy atom. The summed E-state index contributed by atoms with van der Waals surface area (Å²) >= 11 is 0. The van der Waals surface area contributed by atoms with E-state index in [1.807, 2.05) is 0 Å². The predicted molar refractivity (Wildman–Crippen MR) is 69.6 cm³/mol. The molecule has 4 nitrogen and oxygen atoms in total. The maximum absolute atomic E-state index is 11.6. The fourth-order valence-electron chi connectivity index (χ4n) is 3.11. The summed E-state index contributed by atoms with van der Waals surface area (Å²) in [4.78, 5) is 14.0. The number of ether oxygens (including phenoxy) is 1. The molecule has 0 aliphatic carbocycles. The van der Waals surface area contributed by atoms with Gasteiger partial charge in [0.15, 0.2) is 0 Å². The van der Waals surface area contributed by atoms with Gasteiger partial charge in [-0.05, 0) is 51.1 Å². The fourth-order valence-corrected chi connectivity index (χ4v) is 3.11. The zero-order valence-corrected chi connectivity index (χ0v) is 11.4. The maximum Gasteiger partial charge on any atom is 0.311 e. The van der Waals surface area contributed by atoms with Crippen LogP contribution in [0.3, 0.4) is 0 Å². The lowest BCUT2D eigenvalue weighted by molar-refractivity contribution is -0.156. The molecule has 104 valence electrons. The Labute approximate surface area is 109 Å². The first kappa shape index (κ1) is 13.8. The Bertz CT molecular complexity index is 287. The standard InChI is InChI=1S/C14H25NO3/c1-12-3-2-7-15(8-4-12)11-14(13(16)17)5-9-18-10-6-14/h12H,2-11H2,1H3,(H,16,17). The van der Waals surface area contributed by atoms with Crippen LogP contribution in [-0.4, -0.2) is 48.8 Å². The van der Waals surface area contributed by atoms with E-state index < -0.39 is 11.4 Å². The van der Waals surface area contributed by atoms with Gasteiger partial charge >= 0.3 is 5.97 Å². The first-order chi connectivity index (χ1) is 8.62. The van der Waals surface area contributed by atoms with Crippen LogP contribution in [0.2, 0.25) is 0 Å². The third-order valence-corrected chi connectivity index (χ3v) is 4.54. The van der Waals surface area contributed by atoms with Crippen molar-refractivity contribution in [2.24, 2.45) is 11.3 Å². The van der Waals surface area contributed by atoms with Crippen LogP contribution in [0.1, 0.15) is 39.0 Å². The van der Waals surface area contributed by atoms with Gasteiger partial charge in [-0.1, -0.05) is 6.92 Å². The lowest BCUT2D eigenvalue weighted by Crippen LogP contribution is -2.47. The molecule has 2 saturated heterocycles. The number of nitrogens with zero attached hydrogens (tertiary/aromatic N) is 1. The van der Waals surface area contributed by atoms with E-state index in [1.165, 1.54) is 19.3 Å². The second-order valence-corrected chi connectivity index (χ2v) is 6.01. The number of rotatable bonds is 3. The minimum atomic E-state index is -0.636. The summed E-state index contributed by atoms with van der Waals surface area (Å²) in [6, 6.07) is 0. The number of carboxylic acid groups (broad SMARTS) is 1. The molecule has 4 heteroatoms. The average molecular weight is 255 g/mol. The minimum absolute atomic E-state index is 0.564. The molecule has 2 fully saturated rings. The number of hydrogen-bond acceptors (Lipinski definition) is 3. The van der Waals surface area contributed by atoms with Crippen LogP contribution in [0.5, 0.6) is 0 Å². The van der Waals surface area contributed by atoms with E-state index in [0.29, 0.717) is 32.6 Å². The monoisotopic (exact) mass is 255 g/mol. The summed E-state index contributed by atoms with van der Waals surface area (Å²) in [5, 5.41) is 9.56. The Hall–Kier alpha value is -0.610. The Balaban J connectivity index is 1.97. The van der Waals surface area contributed by atoms with E-state index in [0.717, 1.165) is 19.0 Å². The van der Waals surface area contributed by atoms with Gasteiger partial charge in [0.05, 0.1) is 5.41 Å². The van der Waals surface area contributed by atoms with Crippen molar-refractivity contribution in [1.29, 1.82) is 0 Å². The van der Waals surface area contributed by atoms with Gasteiger partial charge in [-0.3, -0.25) is 4.79 Å². The summed E-state index contributed by atoms with van der Waals surface area (Å²) in [7, 11) is 0. The van der Waals surface area contributed by atoms with Gasteiger partial charge in [0.1, 0.15) is 0 Å². The summed E-state index contributed by atoms with van der Waals surface area (Å²) in [5.74, 6) is 0.147. The van der Waals surface area contributed by atoms with Crippen molar-refractivity contribution >= 4 is 5.97 Å². The van der Waals surface area contributed by atoms with Crippen LogP contribution in [-0.2, 0) is 9.53 Å². The lowest BCUT2D eigenvalue weighted by Gasteiger charge is -2.37. The zero-order valence-electron chi connectivity index (χ0n) is 11.4. The molecule has 0 saturated carbocycles. The molecule has 2 heterocycles. The molecular formula is C14H25NO3. The summed E-state index contributed by atoms with van der Waals surface area (Å²) in [6.07, 6.45) is 5.00. The van der Waals surface area contributed by atoms with Gasteiger partial charge in [0, 0.05) is 19.8 Å². The van der Waals surface area contributed by atoms with E-state index in [9.17, 15) is 9.90 Å². The molecule has 0 aromatic heterocycles. The molecule has 0 spiro atoms. The molecule has 0 aromatic carbocycles. The first-order valence-corrected chi connectivity index (χ1v) is 7.16. The average Bonchev–Trinajstić information content (AvgIpc) is 2.55.